The molecular weight excluding hydrogens is 361 g/mol. The number of likely N-dealkylation sites (tertiary alicyclic amines) is 1. The molecule has 5 atom stereocenters. The number of hydrogen-bond donors (Lipinski definition) is 1. The van der Waals surface area contributed by atoms with Crippen molar-refractivity contribution >= 4 is 14.6 Å². The number of ether oxygens (including phenoxy) is 1. The first-order valence-corrected chi connectivity index (χ1v) is 11.6. The Labute approximate surface area is 161 Å². The van der Waals surface area contributed by atoms with Crippen LogP contribution >= 0.6 is 8.81 Å². The highest BCUT2D eigenvalue weighted by atomic mass is 31.1. The van der Waals surface area contributed by atoms with Gasteiger partial charge in [-0.3, -0.25) is 9.69 Å². The van der Waals surface area contributed by atoms with Crippen LogP contribution in [0.1, 0.15) is 43.2 Å². The molecule has 6 heteroatoms. The fourth-order valence-corrected chi connectivity index (χ4v) is 6.82. The molecule has 0 aromatic heterocycles. The molecule has 1 saturated heterocycles. The fraction of sp³-hybridized carbons (Fsp3) is 0.667. The van der Waals surface area contributed by atoms with Crippen molar-refractivity contribution in [3.05, 3.63) is 23.3 Å². The summed E-state index contributed by atoms with van der Waals surface area (Å²) in [6.07, 6.45) is 4.67. The van der Waals surface area contributed by atoms with Crippen LogP contribution in [0.25, 0.3) is 0 Å². The Morgan fingerprint density at radius 1 is 1.37 bits per heavy atom. The van der Waals surface area contributed by atoms with Crippen molar-refractivity contribution < 1.29 is 19.2 Å². The van der Waals surface area contributed by atoms with E-state index in [9.17, 15) is 9.90 Å². The van der Waals surface area contributed by atoms with Crippen LogP contribution in [0.2, 0.25) is 0 Å². The molecule has 27 heavy (non-hydrogen) atoms. The molecular formula is C21H26NO4P. The summed E-state index contributed by atoms with van der Waals surface area (Å²) in [4.78, 5) is 15.4. The number of piperidine rings is 1. The minimum atomic E-state index is -0.885. The standard InChI is InChI=1S/C21H26NO4P/c1-27-26-15-5-4-13-10-16-21(24)7-6-14(23)19-20(21,17(13)18(15)25-19)8-9-22(16)11-12-2-3-12/h4-5,12,16,19,24,27H,2-3,6-11H2,1H3/t16-,19+,20+,21-/m1/s1. The molecule has 2 aliphatic heterocycles. The van der Waals surface area contributed by atoms with E-state index in [1.165, 1.54) is 18.4 Å². The van der Waals surface area contributed by atoms with Crippen LogP contribution in [0.15, 0.2) is 12.1 Å². The lowest BCUT2D eigenvalue weighted by Crippen LogP contribution is -2.76. The third kappa shape index (κ3) is 1.98. The summed E-state index contributed by atoms with van der Waals surface area (Å²) in [5, 5.41) is 12.1. The quantitative estimate of drug-likeness (QED) is 0.805. The van der Waals surface area contributed by atoms with Crippen LogP contribution in [0, 0.1) is 5.92 Å². The summed E-state index contributed by atoms with van der Waals surface area (Å²) >= 11 is 0. The van der Waals surface area contributed by atoms with E-state index in [-0.39, 0.29) is 11.8 Å². The Kier molecular flexibility index (Phi) is 3.39. The van der Waals surface area contributed by atoms with Crippen LogP contribution in [-0.2, 0) is 16.6 Å². The van der Waals surface area contributed by atoms with Crippen LogP contribution in [-0.4, -0.2) is 53.3 Å². The number of aliphatic hydroxyl groups is 1. The maximum absolute atomic E-state index is 12.9. The van der Waals surface area contributed by atoms with Gasteiger partial charge in [-0.25, -0.2) is 0 Å². The number of Topliss-reactive ketones (excluding diaryl/α,β-unsaturated/α-hetero) is 1. The Morgan fingerprint density at radius 3 is 3.00 bits per heavy atom. The number of nitrogens with zero attached hydrogens (tertiary/aromatic N) is 1. The number of hydrogen-bond acceptors (Lipinski definition) is 5. The molecule has 3 fully saturated rings. The second-order valence-corrected chi connectivity index (χ2v) is 9.61. The van der Waals surface area contributed by atoms with Gasteiger partial charge in [-0.2, -0.15) is 0 Å². The van der Waals surface area contributed by atoms with E-state index >= 15 is 0 Å². The molecule has 5 aliphatic rings. The Morgan fingerprint density at radius 2 is 2.22 bits per heavy atom. The van der Waals surface area contributed by atoms with Gasteiger partial charge in [0.15, 0.2) is 23.4 Å². The zero-order chi connectivity index (χ0) is 18.4. The van der Waals surface area contributed by atoms with E-state index in [1.54, 1.807) is 0 Å². The van der Waals surface area contributed by atoms with Crippen LogP contribution in [0.4, 0.5) is 0 Å². The van der Waals surface area contributed by atoms with Gasteiger partial charge < -0.3 is 14.4 Å². The molecule has 144 valence electrons. The minimum Gasteiger partial charge on any atom is -0.477 e. The Balaban J connectivity index is 1.55. The van der Waals surface area contributed by atoms with Gasteiger partial charge in [0, 0.05) is 24.6 Å². The lowest BCUT2D eigenvalue weighted by molar-refractivity contribution is -0.188. The Hall–Kier alpha value is -1.16. The first-order chi connectivity index (χ1) is 13.1. The molecule has 0 radical (unpaired) electrons. The summed E-state index contributed by atoms with van der Waals surface area (Å²) in [5.41, 5.74) is 0.848. The predicted molar refractivity (Wildman–Crippen MR) is 103 cm³/mol. The minimum absolute atomic E-state index is 0.0873. The average molecular weight is 387 g/mol. The average Bonchev–Trinajstić information content (AvgIpc) is 3.39. The van der Waals surface area contributed by atoms with E-state index in [0.717, 1.165) is 48.9 Å². The lowest BCUT2D eigenvalue weighted by atomic mass is 9.49. The van der Waals surface area contributed by atoms with Crippen molar-refractivity contribution in [1.29, 1.82) is 0 Å². The molecule has 3 aliphatic carbocycles. The Bertz CT molecular complexity index is 840. The van der Waals surface area contributed by atoms with Crippen LogP contribution < -0.4 is 9.26 Å². The molecule has 1 unspecified atom stereocenters. The summed E-state index contributed by atoms with van der Waals surface area (Å²) in [6, 6.07) is 4.23. The van der Waals surface area contributed by atoms with Crippen molar-refractivity contribution in [2.45, 2.75) is 61.7 Å². The molecule has 0 amide bonds. The highest BCUT2D eigenvalue weighted by molar-refractivity contribution is 7.31. The first-order valence-electron chi connectivity index (χ1n) is 10.2. The van der Waals surface area contributed by atoms with E-state index in [0.29, 0.717) is 21.6 Å². The monoisotopic (exact) mass is 387 g/mol. The molecule has 1 N–H and O–H groups in total. The van der Waals surface area contributed by atoms with Crippen molar-refractivity contribution in [3.63, 3.8) is 0 Å². The van der Waals surface area contributed by atoms with Crippen molar-refractivity contribution in [1.82, 2.24) is 4.90 Å². The summed E-state index contributed by atoms with van der Waals surface area (Å²) in [7, 11) is 0.318. The van der Waals surface area contributed by atoms with Gasteiger partial charge in [0.1, 0.15) is 0 Å². The highest BCUT2D eigenvalue weighted by Gasteiger charge is 2.73. The van der Waals surface area contributed by atoms with Crippen molar-refractivity contribution in [3.8, 4) is 11.5 Å². The summed E-state index contributed by atoms with van der Waals surface area (Å²) < 4.78 is 12.2. The highest BCUT2D eigenvalue weighted by Crippen LogP contribution is 2.65. The molecule has 6 rings (SSSR count). The van der Waals surface area contributed by atoms with Crippen molar-refractivity contribution in [2.75, 3.05) is 19.8 Å². The predicted octanol–water partition coefficient (Wildman–Crippen LogP) is 2.42. The number of ketones is 1. The zero-order valence-corrected chi connectivity index (χ0v) is 16.7. The lowest BCUT2D eigenvalue weighted by Gasteiger charge is -2.62. The SMILES string of the molecule is CPOc1ccc2c3c1O[C@H]1C(=O)CC[C@@]4(O)[C@@H](C2)N(CC2CC2)CC[C@]314. The van der Waals surface area contributed by atoms with E-state index < -0.39 is 17.1 Å². The van der Waals surface area contributed by atoms with Gasteiger partial charge in [0.2, 0.25) is 0 Å². The van der Waals surface area contributed by atoms with Crippen molar-refractivity contribution in [2.24, 2.45) is 5.92 Å². The van der Waals surface area contributed by atoms with Gasteiger partial charge >= 0.3 is 0 Å². The molecule has 2 saturated carbocycles. The molecule has 2 heterocycles. The summed E-state index contributed by atoms with van der Waals surface area (Å²) in [5.74, 6) is 2.40. The molecule has 2 bridgehead atoms. The van der Waals surface area contributed by atoms with E-state index in [1.807, 2.05) is 12.7 Å². The van der Waals surface area contributed by atoms with Gasteiger partial charge in [-0.1, -0.05) is 6.07 Å². The second kappa shape index (κ2) is 5.46. The number of carbonyl (C=O) groups excluding carboxylic acids is 1. The molecule has 1 aromatic carbocycles. The van der Waals surface area contributed by atoms with Crippen LogP contribution in [0.5, 0.6) is 11.5 Å². The fourth-order valence-electron chi connectivity index (χ4n) is 6.44. The largest absolute Gasteiger partial charge is 0.477 e. The number of benzene rings is 1. The van der Waals surface area contributed by atoms with E-state index in [4.69, 9.17) is 9.26 Å². The molecule has 1 aromatic rings. The van der Waals surface area contributed by atoms with Gasteiger partial charge in [0.05, 0.1) is 19.8 Å². The molecule has 5 nitrogen and oxygen atoms in total. The number of carbonyl (C=O) groups is 1. The number of rotatable bonds is 4. The second-order valence-electron chi connectivity index (χ2n) is 9.00. The topological polar surface area (TPSA) is 59.0 Å². The smallest absolute Gasteiger partial charge is 0.174 e. The molecule has 1 spiro atoms. The van der Waals surface area contributed by atoms with Gasteiger partial charge in [-0.15, -0.1) is 0 Å². The van der Waals surface area contributed by atoms with Gasteiger partial charge in [0.25, 0.3) is 0 Å². The van der Waals surface area contributed by atoms with E-state index in [2.05, 4.69) is 11.0 Å². The normalized spacial score (nSPS) is 39.6. The maximum atomic E-state index is 12.9. The third-order valence-corrected chi connectivity index (χ3v) is 8.18. The third-order valence-electron chi connectivity index (χ3n) is 7.76. The zero-order valence-electron chi connectivity index (χ0n) is 15.7. The van der Waals surface area contributed by atoms with Gasteiger partial charge in [-0.05, 0) is 62.9 Å². The van der Waals surface area contributed by atoms with Crippen LogP contribution in [0.3, 0.4) is 0 Å². The first kappa shape index (κ1) is 16.8. The summed E-state index contributed by atoms with van der Waals surface area (Å²) in [6.45, 7) is 4.01. The maximum Gasteiger partial charge on any atom is 0.174 e.